The number of nitrogens with two attached hydrogens (primary N) is 1. The molecule has 2 aromatic rings. The normalized spacial score (nSPS) is 10.3. The third kappa shape index (κ3) is 5.93. The number of benzene rings is 2. The molecule has 0 saturated carbocycles. The van der Waals surface area contributed by atoms with Crippen LogP contribution in [0.5, 0.6) is 5.75 Å². The van der Waals surface area contributed by atoms with Gasteiger partial charge in [-0.05, 0) is 48.9 Å². The first-order chi connectivity index (χ1) is 12.1. The van der Waals surface area contributed by atoms with Crippen LogP contribution in [0, 0.1) is 0 Å². The van der Waals surface area contributed by atoms with Gasteiger partial charge in [0.05, 0.1) is 7.11 Å². The molecule has 0 aromatic heterocycles. The van der Waals surface area contributed by atoms with E-state index in [-0.39, 0.29) is 5.91 Å². The summed E-state index contributed by atoms with van der Waals surface area (Å²) in [4.78, 5) is 22.9. The monoisotopic (exact) mass is 341 g/mol. The number of anilines is 1. The number of carbonyl (C=O) groups is 2. The van der Waals surface area contributed by atoms with Crippen molar-refractivity contribution in [1.29, 1.82) is 0 Å². The minimum absolute atomic E-state index is 0.233. The molecule has 0 heterocycles. The Kier molecular flexibility index (Phi) is 6.98. The van der Waals surface area contributed by atoms with E-state index in [0.29, 0.717) is 29.6 Å². The molecule has 0 aliphatic heterocycles. The summed E-state index contributed by atoms with van der Waals surface area (Å²) in [5.74, 6) is 0.603. The van der Waals surface area contributed by atoms with Crippen LogP contribution >= 0.6 is 0 Å². The van der Waals surface area contributed by atoms with Crippen molar-refractivity contribution < 1.29 is 14.3 Å². The first kappa shape index (κ1) is 18.5. The van der Waals surface area contributed by atoms with Crippen molar-refractivity contribution >= 4 is 17.9 Å². The van der Waals surface area contributed by atoms with Crippen molar-refractivity contribution in [2.45, 2.75) is 13.0 Å². The molecule has 0 aliphatic rings. The molecule has 2 aromatic carbocycles. The van der Waals surface area contributed by atoms with Crippen molar-refractivity contribution in [3.8, 4) is 5.75 Å². The van der Waals surface area contributed by atoms with Gasteiger partial charge in [-0.25, -0.2) is 0 Å². The van der Waals surface area contributed by atoms with E-state index in [9.17, 15) is 9.59 Å². The first-order valence-corrected chi connectivity index (χ1v) is 8.10. The van der Waals surface area contributed by atoms with E-state index in [2.05, 4.69) is 10.6 Å². The fourth-order valence-corrected chi connectivity index (χ4v) is 2.41. The third-order valence-electron chi connectivity index (χ3n) is 3.66. The fraction of sp³-hybridized carbons (Fsp3) is 0.263. The summed E-state index contributed by atoms with van der Waals surface area (Å²) >= 11 is 0. The fourth-order valence-electron chi connectivity index (χ4n) is 2.41. The van der Waals surface area contributed by atoms with Gasteiger partial charge >= 0.3 is 0 Å². The van der Waals surface area contributed by atoms with Gasteiger partial charge in [-0.15, -0.1) is 0 Å². The largest absolute Gasteiger partial charge is 0.497 e. The first-order valence-electron chi connectivity index (χ1n) is 8.10. The second-order valence-corrected chi connectivity index (χ2v) is 5.64. The van der Waals surface area contributed by atoms with Crippen LogP contribution in [0.15, 0.2) is 42.5 Å². The second kappa shape index (κ2) is 9.44. The summed E-state index contributed by atoms with van der Waals surface area (Å²) in [6.45, 7) is 2.05. The second-order valence-electron chi connectivity index (χ2n) is 5.64. The molecule has 0 bridgehead atoms. The average Bonchev–Trinajstić information content (AvgIpc) is 2.63. The van der Waals surface area contributed by atoms with Gasteiger partial charge in [0.1, 0.15) is 12.0 Å². The Morgan fingerprint density at radius 1 is 1.20 bits per heavy atom. The van der Waals surface area contributed by atoms with Crippen molar-refractivity contribution in [3.63, 3.8) is 0 Å². The van der Waals surface area contributed by atoms with Crippen LogP contribution in [0.4, 0.5) is 5.69 Å². The predicted molar refractivity (Wildman–Crippen MR) is 97.9 cm³/mol. The highest BCUT2D eigenvalue weighted by atomic mass is 16.5. The molecule has 0 saturated heterocycles. The van der Waals surface area contributed by atoms with E-state index < -0.39 is 0 Å². The van der Waals surface area contributed by atoms with E-state index in [1.807, 2.05) is 24.3 Å². The number of carbonyl (C=O) groups excluding carboxylic acids is 2. The van der Waals surface area contributed by atoms with Gasteiger partial charge in [0, 0.05) is 29.9 Å². The van der Waals surface area contributed by atoms with Crippen LogP contribution in [-0.2, 0) is 6.54 Å². The number of aldehydes is 1. The maximum Gasteiger partial charge on any atom is 0.251 e. The van der Waals surface area contributed by atoms with Crippen LogP contribution in [-0.4, -0.2) is 32.4 Å². The SMILES string of the molecule is COc1cccc(CNCCCNC(=O)c2cc(N)cc(C=O)c2)c1. The predicted octanol–water partition coefficient (Wildman–Crippen LogP) is 2.00. The Morgan fingerprint density at radius 3 is 2.80 bits per heavy atom. The van der Waals surface area contributed by atoms with Crippen molar-refractivity contribution in [1.82, 2.24) is 10.6 Å². The maximum absolute atomic E-state index is 12.1. The lowest BCUT2D eigenvalue weighted by Crippen LogP contribution is -2.27. The number of hydrogen-bond acceptors (Lipinski definition) is 5. The lowest BCUT2D eigenvalue weighted by atomic mass is 10.1. The Hall–Kier alpha value is -2.86. The molecule has 4 N–H and O–H groups in total. The highest BCUT2D eigenvalue weighted by Crippen LogP contribution is 2.12. The molecule has 0 aliphatic carbocycles. The molecule has 0 atom stereocenters. The van der Waals surface area contributed by atoms with Gasteiger partial charge in [-0.2, -0.15) is 0 Å². The number of hydrogen-bond donors (Lipinski definition) is 3. The summed E-state index contributed by atoms with van der Waals surface area (Å²) in [6.07, 6.45) is 1.47. The highest BCUT2D eigenvalue weighted by Gasteiger charge is 2.07. The molecule has 1 amide bonds. The van der Waals surface area contributed by atoms with Crippen LogP contribution in [0.1, 0.15) is 32.7 Å². The van der Waals surface area contributed by atoms with Gasteiger partial charge in [0.15, 0.2) is 0 Å². The number of rotatable bonds is 9. The Morgan fingerprint density at radius 2 is 2.04 bits per heavy atom. The maximum atomic E-state index is 12.1. The van der Waals surface area contributed by atoms with Crippen molar-refractivity contribution in [2.24, 2.45) is 0 Å². The standard InChI is InChI=1S/C19H23N3O3/c1-25-18-5-2-4-14(10-18)12-21-6-3-7-22-19(24)16-8-15(13-23)9-17(20)11-16/h2,4-5,8-11,13,21H,3,6-7,12,20H2,1H3,(H,22,24). The Balaban J connectivity index is 1.69. The molecule has 132 valence electrons. The summed E-state index contributed by atoms with van der Waals surface area (Å²) < 4.78 is 5.19. The number of methoxy groups -OCH3 is 1. The molecule has 6 nitrogen and oxygen atoms in total. The molecule has 0 spiro atoms. The van der Waals surface area contributed by atoms with E-state index in [1.54, 1.807) is 13.2 Å². The number of nitrogens with one attached hydrogen (secondary N) is 2. The van der Waals surface area contributed by atoms with E-state index in [1.165, 1.54) is 12.1 Å². The van der Waals surface area contributed by atoms with E-state index >= 15 is 0 Å². The summed E-state index contributed by atoms with van der Waals surface area (Å²) in [7, 11) is 1.65. The van der Waals surface area contributed by atoms with Crippen LogP contribution in [0.2, 0.25) is 0 Å². The van der Waals surface area contributed by atoms with Crippen molar-refractivity contribution in [2.75, 3.05) is 25.9 Å². The minimum Gasteiger partial charge on any atom is -0.497 e. The molecule has 0 fully saturated rings. The minimum atomic E-state index is -0.233. The number of nitrogen functional groups attached to an aromatic ring is 1. The van der Waals surface area contributed by atoms with Crippen LogP contribution < -0.4 is 21.1 Å². The van der Waals surface area contributed by atoms with Gasteiger partial charge < -0.3 is 21.1 Å². The lowest BCUT2D eigenvalue weighted by molar-refractivity contribution is 0.0953. The molecular weight excluding hydrogens is 318 g/mol. The molecule has 0 unspecified atom stereocenters. The molecule has 2 rings (SSSR count). The molecule has 25 heavy (non-hydrogen) atoms. The zero-order chi connectivity index (χ0) is 18.1. The average molecular weight is 341 g/mol. The summed E-state index contributed by atoms with van der Waals surface area (Å²) in [5.41, 5.74) is 8.01. The lowest BCUT2D eigenvalue weighted by Gasteiger charge is -2.08. The molecular formula is C19H23N3O3. The molecule has 6 heteroatoms. The van der Waals surface area contributed by atoms with E-state index in [0.717, 1.165) is 30.8 Å². The quantitative estimate of drug-likeness (QED) is 0.368. The Bertz CT molecular complexity index is 732. The van der Waals surface area contributed by atoms with Crippen LogP contribution in [0.25, 0.3) is 0 Å². The topological polar surface area (TPSA) is 93.4 Å². The molecule has 0 radical (unpaired) electrons. The smallest absolute Gasteiger partial charge is 0.251 e. The third-order valence-corrected chi connectivity index (χ3v) is 3.66. The zero-order valence-electron chi connectivity index (χ0n) is 14.2. The van der Waals surface area contributed by atoms with Gasteiger partial charge in [-0.1, -0.05) is 12.1 Å². The number of amides is 1. The van der Waals surface area contributed by atoms with E-state index in [4.69, 9.17) is 10.5 Å². The van der Waals surface area contributed by atoms with Gasteiger partial charge in [0.25, 0.3) is 5.91 Å². The number of ether oxygens (including phenoxy) is 1. The van der Waals surface area contributed by atoms with Crippen LogP contribution in [0.3, 0.4) is 0 Å². The Labute approximate surface area is 147 Å². The van der Waals surface area contributed by atoms with Gasteiger partial charge in [-0.3, -0.25) is 9.59 Å². The highest BCUT2D eigenvalue weighted by molar-refractivity contribution is 5.96. The summed E-state index contributed by atoms with van der Waals surface area (Å²) in [6, 6.07) is 12.5. The summed E-state index contributed by atoms with van der Waals surface area (Å²) in [5, 5.41) is 6.14. The van der Waals surface area contributed by atoms with Gasteiger partial charge in [0.2, 0.25) is 0 Å². The zero-order valence-corrected chi connectivity index (χ0v) is 14.2. The van der Waals surface area contributed by atoms with Crippen molar-refractivity contribution in [3.05, 3.63) is 59.2 Å².